The van der Waals surface area contributed by atoms with Gasteiger partial charge in [0.25, 0.3) is 0 Å². The Bertz CT molecular complexity index is 647. The molecule has 0 unspecified atom stereocenters. The number of nitrogens with zero attached hydrogens (tertiary/aromatic N) is 2. The highest BCUT2D eigenvalue weighted by molar-refractivity contribution is 7.80. The average Bonchev–Trinajstić information content (AvgIpc) is 2.86. The largest absolute Gasteiger partial charge is 0.329 e. The van der Waals surface area contributed by atoms with E-state index in [-0.39, 0.29) is 11.4 Å². The number of halogens is 1. The van der Waals surface area contributed by atoms with E-state index >= 15 is 0 Å². The van der Waals surface area contributed by atoms with Gasteiger partial charge in [-0.2, -0.15) is 5.10 Å². The molecule has 2 rings (SSSR count). The van der Waals surface area contributed by atoms with Gasteiger partial charge >= 0.3 is 0 Å². The molecule has 7 heteroatoms. The highest BCUT2D eigenvalue weighted by atomic mass is 32.1. The van der Waals surface area contributed by atoms with E-state index in [1.54, 1.807) is 35.3 Å². The summed E-state index contributed by atoms with van der Waals surface area (Å²) in [5, 5.41) is 7.66. The molecule has 1 aromatic heterocycles. The molecule has 0 aliphatic carbocycles. The lowest BCUT2D eigenvalue weighted by atomic mass is 10.1. The number of aromatic nitrogens is 2. The first-order valence-corrected chi connectivity index (χ1v) is 7.34. The smallest absolute Gasteiger partial charge is 0.185 e. The SMILES string of the molecule is CC(C)(C)NNC(=S)Nc1cnn(Cc2ccccc2F)c1. The van der Waals surface area contributed by atoms with Crippen molar-refractivity contribution in [3.63, 3.8) is 0 Å². The van der Waals surface area contributed by atoms with Crippen LogP contribution in [0.5, 0.6) is 0 Å². The predicted octanol–water partition coefficient (Wildman–Crippen LogP) is 2.66. The average molecular weight is 321 g/mol. The van der Waals surface area contributed by atoms with Crippen molar-refractivity contribution in [3.05, 3.63) is 48.0 Å². The van der Waals surface area contributed by atoms with E-state index in [1.165, 1.54) is 6.07 Å². The predicted molar refractivity (Wildman–Crippen MR) is 90.0 cm³/mol. The first-order chi connectivity index (χ1) is 10.3. The van der Waals surface area contributed by atoms with E-state index in [2.05, 4.69) is 21.3 Å². The van der Waals surface area contributed by atoms with Crippen molar-refractivity contribution in [2.75, 3.05) is 5.32 Å². The summed E-state index contributed by atoms with van der Waals surface area (Å²) in [6.45, 7) is 6.44. The van der Waals surface area contributed by atoms with E-state index < -0.39 is 0 Å². The number of hydrogen-bond donors (Lipinski definition) is 3. The summed E-state index contributed by atoms with van der Waals surface area (Å²) in [6.07, 6.45) is 3.42. The Labute approximate surface area is 134 Å². The van der Waals surface area contributed by atoms with Gasteiger partial charge in [0.2, 0.25) is 0 Å². The van der Waals surface area contributed by atoms with Crippen LogP contribution in [0.2, 0.25) is 0 Å². The fraction of sp³-hybridized carbons (Fsp3) is 0.333. The highest BCUT2D eigenvalue weighted by Crippen LogP contribution is 2.11. The summed E-state index contributed by atoms with van der Waals surface area (Å²) < 4.78 is 15.3. The number of thiocarbonyl (C=S) groups is 1. The zero-order valence-corrected chi connectivity index (χ0v) is 13.7. The maximum Gasteiger partial charge on any atom is 0.185 e. The molecule has 22 heavy (non-hydrogen) atoms. The summed E-state index contributed by atoms with van der Waals surface area (Å²) in [7, 11) is 0. The van der Waals surface area contributed by atoms with Gasteiger partial charge < -0.3 is 5.32 Å². The van der Waals surface area contributed by atoms with Crippen LogP contribution >= 0.6 is 12.2 Å². The Kier molecular flexibility index (Phi) is 5.10. The van der Waals surface area contributed by atoms with Crippen molar-refractivity contribution in [2.45, 2.75) is 32.9 Å². The summed E-state index contributed by atoms with van der Waals surface area (Å²) >= 11 is 5.18. The number of hydrazine groups is 1. The maximum atomic E-state index is 13.6. The van der Waals surface area contributed by atoms with E-state index in [4.69, 9.17) is 12.2 Å². The molecule has 0 radical (unpaired) electrons. The Morgan fingerprint density at radius 3 is 2.73 bits per heavy atom. The Hall–Kier alpha value is -1.99. The molecule has 0 spiro atoms. The molecule has 0 saturated heterocycles. The van der Waals surface area contributed by atoms with E-state index in [0.29, 0.717) is 17.2 Å². The molecule has 0 fully saturated rings. The topological polar surface area (TPSA) is 53.9 Å². The molecule has 0 atom stereocenters. The van der Waals surface area contributed by atoms with Crippen LogP contribution in [0, 0.1) is 5.82 Å². The molecule has 3 N–H and O–H groups in total. The lowest BCUT2D eigenvalue weighted by Crippen LogP contribution is -2.50. The van der Waals surface area contributed by atoms with Gasteiger partial charge in [0.15, 0.2) is 5.11 Å². The molecule has 5 nitrogen and oxygen atoms in total. The molecule has 1 heterocycles. The van der Waals surface area contributed by atoms with E-state index in [9.17, 15) is 4.39 Å². The van der Waals surface area contributed by atoms with Crippen molar-refractivity contribution < 1.29 is 4.39 Å². The molecule has 0 aliphatic heterocycles. The first-order valence-electron chi connectivity index (χ1n) is 6.93. The minimum Gasteiger partial charge on any atom is -0.329 e. The Morgan fingerprint density at radius 1 is 1.32 bits per heavy atom. The zero-order valence-electron chi connectivity index (χ0n) is 12.9. The van der Waals surface area contributed by atoms with Gasteiger partial charge in [0.1, 0.15) is 5.82 Å². The van der Waals surface area contributed by atoms with Gasteiger partial charge in [0, 0.05) is 17.3 Å². The number of rotatable bonds is 4. The van der Waals surface area contributed by atoms with Gasteiger partial charge in [0.05, 0.1) is 18.4 Å². The van der Waals surface area contributed by atoms with Gasteiger partial charge in [-0.15, -0.1) is 0 Å². The van der Waals surface area contributed by atoms with Crippen LogP contribution in [0.1, 0.15) is 26.3 Å². The van der Waals surface area contributed by atoms with Gasteiger partial charge in [-0.3, -0.25) is 10.1 Å². The molecular formula is C15H20FN5S. The molecule has 1 aromatic carbocycles. The molecule has 0 bridgehead atoms. The summed E-state index contributed by atoms with van der Waals surface area (Å²) in [5.41, 5.74) is 7.21. The van der Waals surface area contributed by atoms with Crippen LogP contribution in [0.4, 0.5) is 10.1 Å². The van der Waals surface area contributed by atoms with Crippen LogP contribution in [-0.2, 0) is 6.54 Å². The molecular weight excluding hydrogens is 301 g/mol. The standard InChI is InChI=1S/C15H20FN5S/c1-15(2,3)20-19-14(22)18-12-8-17-21(10-12)9-11-6-4-5-7-13(11)16/h4-8,10,20H,9H2,1-3H3,(H2,18,19,22). The highest BCUT2D eigenvalue weighted by Gasteiger charge is 2.09. The van der Waals surface area contributed by atoms with Crippen molar-refractivity contribution in [2.24, 2.45) is 0 Å². The summed E-state index contributed by atoms with van der Waals surface area (Å²) in [5.74, 6) is -0.237. The second kappa shape index (κ2) is 6.85. The lowest BCUT2D eigenvalue weighted by Gasteiger charge is -2.22. The van der Waals surface area contributed by atoms with E-state index in [0.717, 1.165) is 5.69 Å². The van der Waals surface area contributed by atoms with Crippen LogP contribution in [0.15, 0.2) is 36.7 Å². The minimum absolute atomic E-state index is 0.0965. The first kappa shape index (κ1) is 16.4. The molecule has 2 aromatic rings. The van der Waals surface area contributed by atoms with Crippen molar-refractivity contribution in [3.8, 4) is 0 Å². The van der Waals surface area contributed by atoms with Crippen molar-refractivity contribution in [1.82, 2.24) is 20.6 Å². The van der Waals surface area contributed by atoms with Crippen molar-refractivity contribution in [1.29, 1.82) is 0 Å². The van der Waals surface area contributed by atoms with Gasteiger partial charge in [-0.1, -0.05) is 18.2 Å². The molecule has 0 aliphatic rings. The zero-order chi connectivity index (χ0) is 16.2. The Morgan fingerprint density at radius 2 is 2.05 bits per heavy atom. The molecule has 0 saturated carbocycles. The minimum atomic E-state index is -0.237. The van der Waals surface area contributed by atoms with Crippen LogP contribution < -0.4 is 16.2 Å². The number of anilines is 1. The quantitative estimate of drug-likeness (QED) is 0.597. The number of benzene rings is 1. The fourth-order valence-electron chi connectivity index (χ4n) is 1.72. The number of hydrogen-bond acceptors (Lipinski definition) is 3. The lowest BCUT2D eigenvalue weighted by molar-refractivity contribution is 0.405. The summed E-state index contributed by atoms with van der Waals surface area (Å²) in [4.78, 5) is 0. The monoisotopic (exact) mass is 321 g/mol. The third-order valence-electron chi connectivity index (χ3n) is 2.73. The van der Waals surface area contributed by atoms with Gasteiger partial charge in [-0.05, 0) is 39.1 Å². The van der Waals surface area contributed by atoms with Crippen LogP contribution in [-0.4, -0.2) is 20.4 Å². The number of nitrogens with one attached hydrogen (secondary N) is 3. The van der Waals surface area contributed by atoms with Crippen LogP contribution in [0.3, 0.4) is 0 Å². The molecule has 118 valence electrons. The van der Waals surface area contributed by atoms with Crippen LogP contribution in [0.25, 0.3) is 0 Å². The summed E-state index contributed by atoms with van der Waals surface area (Å²) in [6, 6.07) is 6.65. The molecule has 0 amide bonds. The third-order valence-corrected chi connectivity index (χ3v) is 2.94. The normalized spacial score (nSPS) is 11.3. The second-order valence-electron chi connectivity index (χ2n) is 5.97. The Balaban J connectivity index is 1.92. The second-order valence-corrected chi connectivity index (χ2v) is 6.38. The van der Waals surface area contributed by atoms with Gasteiger partial charge in [-0.25, -0.2) is 9.82 Å². The third kappa shape index (κ3) is 5.09. The maximum absolute atomic E-state index is 13.6. The fourth-order valence-corrected chi connectivity index (χ4v) is 1.89. The van der Waals surface area contributed by atoms with E-state index in [1.807, 2.05) is 20.8 Å². The van der Waals surface area contributed by atoms with Crippen molar-refractivity contribution >= 4 is 23.0 Å².